The first-order valence-corrected chi connectivity index (χ1v) is 9.47. The Labute approximate surface area is 172 Å². The van der Waals surface area contributed by atoms with Gasteiger partial charge < -0.3 is 15.4 Å². The van der Waals surface area contributed by atoms with Crippen molar-refractivity contribution in [3.8, 4) is 0 Å². The van der Waals surface area contributed by atoms with Gasteiger partial charge in [0, 0.05) is 21.7 Å². The van der Waals surface area contributed by atoms with Gasteiger partial charge in [0.05, 0.1) is 12.1 Å². The topological polar surface area (TPSA) is 115 Å². The number of hydrogen-bond acceptors (Lipinski definition) is 4. The van der Waals surface area contributed by atoms with Crippen molar-refractivity contribution in [1.29, 1.82) is 0 Å². The van der Waals surface area contributed by atoms with Crippen LogP contribution in [0.2, 0.25) is 5.02 Å². The Balaban J connectivity index is 2.25. The molecule has 150 valence electrons. The molecule has 0 bridgehead atoms. The predicted molar refractivity (Wildman–Crippen MR) is 110 cm³/mol. The first kappa shape index (κ1) is 20.5. The Morgan fingerprint density at radius 1 is 1.21 bits per heavy atom. The lowest BCUT2D eigenvalue weighted by molar-refractivity contribution is 0.0696. The number of nitrogens with two attached hydrogens (primary N) is 1. The van der Waals surface area contributed by atoms with Crippen LogP contribution in [0.4, 0.5) is 0 Å². The average Bonchev–Trinajstić information content (AvgIpc) is 2.96. The van der Waals surface area contributed by atoms with Crippen LogP contribution in [0.25, 0.3) is 11.0 Å². The first-order chi connectivity index (χ1) is 13.7. The molecular formula is C21H20ClN3O4. The van der Waals surface area contributed by atoms with Crippen LogP contribution in [-0.4, -0.2) is 32.3 Å². The number of fused-ring (bicyclic) bond motifs is 1. The van der Waals surface area contributed by atoms with E-state index in [9.17, 15) is 14.4 Å². The summed E-state index contributed by atoms with van der Waals surface area (Å²) in [5.74, 6) is -1.83. The molecule has 0 aliphatic carbocycles. The maximum Gasteiger partial charge on any atom is 0.335 e. The van der Waals surface area contributed by atoms with E-state index >= 15 is 0 Å². The van der Waals surface area contributed by atoms with Crippen LogP contribution < -0.4 is 5.73 Å². The van der Waals surface area contributed by atoms with Crippen LogP contribution in [0.1, 0.15) is 62.7 Å². The minimum atomic E-state index is -1.07. The van der Waals surface area contributed by atoms with Crippen LogP contribution in [0.15, 0.2) is 30.3 Å². The smallest absolute Gasteiger partial charge is 0.335 e. The van der Waals surface area contributed by atoms with E-state index in [0.29, 0.717) is 33.6 Å². The lowest BCUT2D eigenvalue weighted by Gasteiger charge is -2.13. The fourth-order valence-corrected chi connectivity index (χ4v) is 3.68. The van der Waals surface area contributed by atoms with E-state index in [1.54, 1.807) is 12.1 Å². The van der Waals surface area contributed by atoms with Crippen molar-refractivity contribution in [2.45, 2.75) is 33.2 Å². The maximum absolute atomic E-state index is 12.4. The zero-order valence-electron chi connectivity index (χ0n) is 16.0. The number of benzene rings is 1. The lowest BCUT2D eigenvalue weighted by Crippen LogP contribution is -2.14. The number of primary amides is 1. The molecule has 0 radical (unpaired) electrons. The number of Topliss-reactive ketones (excluding diaryl/α,β-unsaturated/α-hetero) is 1. The van der Waals surface area contributed by atoms with Gasteiger partial charge in [-0.2, -0.15) is 0 Å². The normalized spacial score (nSPS) is 11.0. The maximum atomic E-state index is 12.4. The third-order valence-corrected chi connectivity index (χ3v) is 5.09. The van der Waals surface area contributed by atoms with Crippen LogP contribution in [0.5, 0.6) is 0 Å². The fraction of sp³-hybridized carbons (Fsp3) is 0.238. The van der Waals surface area contributed by atoms with Gasteiger partial charge in [-0.3, -0.25) is 9.59 Å². The highest BCUT2D eigenvalue weighted by Crippen LogP contribution is 2.29. The van der Waals surface area contributed by atoms with Crippen molar-refractivity contribution in [3.05, 3.63) is 63.4 Å². The Kier molecular flexibility index (Phi) is 5.70. The molecule has 29 heavy (non-hydrogen) atoms. The monoisotopic (exact) mass is 413 g/mol. The number of carbonyl (C=O) groups excluding carboxylic acids is 2. The number of aromatic nitrogens is 2. The molecule has 0 aliphatic heterocycles. The largest absolute Gasteiger partial charge is 0.478 e. The molecule has 3 rings (SSSR count). The SMILES string of the molecule is CCCc1c(C(C)=O)c2ccc(C(N)=O)nc2n1Cc1ccc(C(=O)O)cc1Cl. The molecular weight excluding hydrogens is 394 g/mol. The van der Waals surface area contributed by atoms with Crippen molar-refractivity contribution in [2.24, 2.45) is 5.73 Å². The number of ketones is 1. The average molecular weight is 414 g/mol. The highest BCUT2D eigenvalue weighted by molar-refractivity contribution is 6.31. The molecule has 1 amide bonds. The molecule has 2 heterocycles. The van der Waals surface area contributed by atoms with E-state index in [1.807, 2.05) is 11.5 Å². The molecule has 7 nitrogen and oxygen atoms in total. The van der Waals surface area contributed by atoms with E-state index in [4.69, 9.17) is 22.4 Å². The molecule has 3 aromatic rings. The summed E-state index contributed by atoms with van der Waals surface area (Å²) in [6, 6.07) is 7.69. The van der Waals surface area contributed by atoms with Gasteiger partial charge in [0.25, 0.3) is 5.91 Å². The van der Waals surface area contributed by atoms with Crippen molar-refractivity contribution in [2.75, 3.05) is 0 Å². The summed E-state index contributed by atoms with van der Waals surface area (Å²) in [5.41, 5.74) is 8.06. The summed E-state index contributed by atoms with van der Waals surface area (Å²) in [5, 5.41) is 10.1. The zero-order chi connectivity index (χ0) is 21.3. The van der Waals surface area contributed by atoms with E-state index in [0.717, 1.165) is 12.1 Å². The fourth-order valence-electron chi connectivity index (χ4n) is 3.44. The number of hydrogen-bond donors (Lipinski definition) is 2. The van der Waals surface area contributed by atoms with Gasteiger partial charge >= 0.3 is 5.97 Å². The van der Waals surface area contributed by atoms with Crippen molar-refractivity contribution in [1.82, 2.24) is 9.55 Å². The Hall–Kier alpha value is -3.19. The van der Waals surface area contributed by atoms with Gasteiger partial charge in [-0.05, 0) is 43.2 Å². The summed E-state index contributed by atoms with van der Waals surface area (Å²) in [4.78, 5) is 39.6. The molecule has 0 aliphatic rings. The molecule has 2 aromatic heterocycles. The standard InChI is InChI=1S/C21H20ClN3O4/c1-3-4-17-18(11(2)26)14-7-8-16(19(23)27)24-20(14)25(17)10-13-6-5-12(21(28)29)9-15(13)22/h5-9H,3-4,10H2,1-2H3,(H2,23,27)(H,28,29). The second-order valence-corrected chi connectivity index (χ2v) is 7.16. The second kappa shape index (κ2) is 8.05. The van der Waals surface area contributed by atoms with Gasteiger partial charge in [0.15, 0.2) is 5.78 Å². The van der Waals surface area contributed by atoms with Gasteiger partial charge in [-0.1, -0.05) is 31.0 Å². The number of rotatable bonds is 7. The number of halogens is 1. The molecule has 0 atom stereocenters. The Morgan fingerprint density at radius 2 is 1.93 bits per heavy atom. The highest BCUT2D eigenvalue weighted by Gasteiger charge is 2.22. The predicted octanol–water partition coefficient (Wildman–Crippen LogP) is 3.69. The summed E-state index contributed by atoms with van der Waals surface area (Å²) in [7, 11) is 0. The number of carboxylic acids is 1. The number of nitrogens with zero attached hydrogens (tertiary/aromatic N) is 2. The summed E-state index contributed by atoms with van der Waals surface area (Å²) in [6.45, 7) is 3.77. The summed E-state index contributed by atoms with van der Waals surface area (Å²) >= 11 is 6.32. The molecule has 0 fully saturated rings. The third kappa shape index (κ3) is 3.86. The second-order valence-electron chi connectivity index (χ2n) is 6.76. The zero-order valence-corrected chi connectivity index (χ0v) is 16.8. The van der Waals surface area contributed by atoms with Gasteiger partial charge in [-0.15, -0.1) is 0 Å². The van der Waals surface area contributed by atoms with Crippen molar-refractivity contribution >= 4 is 40.3 Å². The number of pyridine rings is 1. The minimum Gasteiger partial charge on any atom is -0.478 e. The molecule has 8 heteroatoms. The molecule has 1 aromatic carbocycles. The van der Waals surface area contributed by atoms with E-state index in [2.05, 4.69) is 4.98 Å². The summed E-state index contributed by atoms with van der Waals surface area (Å²) < 4.78 is 1.85. The van der Waals surface area contributed by atoms with Crippen LogP contribution in [0, 0.1) is 0 Å². The molecule has 0 spiro atoms. The Bertz CT molecular complexity index is 1150. The van der Waals surface area contributed by atoms with Crippen LogP contribution >= 0.6 is 11.6 Å². The van der Waals surface area contributed by atoms with Crippen molar-refractivity contribution < 1.29 is 19.5 Å². The Morgan fingerprint density at radius 3 is 2.48 bits per heavy atom. The van der Waals surface area contributed by atoms with E-state index in [-0.39, 0.29) is 23.6 Å². The van der Waals surface area contributed by atoms with Gasteiger partial charge in [0.2, 0.25) is 0 Å². The number of amides is 1. The van der Waals surface area contributed by atoms with E-state index in [1.165, 1.54) is 25.1 Å². The molecule has 0 unspecified atom stereocenters. The van der Waals surface area contributed by atoms with E-state index < -0.39 is 11.9 Å². The molecule has 0 saturated heterocycles. The quantitative estimate of drug-likeness (QED) is 0.573. The van der Waals surface area contributed by atoms with Crippen LogP contribution in [0.3, 0.4) is 0 Å². The molecule has 3 N–H and O–H groups in total. The number of aromatic carboxylic acids is 1. The number of carbonyl (C=O) groups is 3. The summed E-state index contributed by atoms with van der Waals surface area (Å²) in [6.07, 6.45) is 1.42. The minimum absolute atomic E-state index is 0.0865. The van der Waals surface area contributed by atoms with Gasteiger partial charge in [0.1, 0.15) is 11.3 Å². The number of carboxylic acid groups (broad SMARTS) is 1. The van der Waals surface area contributed by atoms with Gasteiger partial charge in [-0.25, -0.2) is 9.78 Å². The lowest BCUT2D eigenvalue weighted by atomic mass is 10.1. The third-order valence-electron chi connectivity index (χ3n) is 4.73. The van der Waals surface area contributed by atoms with Crippen LogP contribution in [-0.2, 0) is 13.0 Å². The molecule has 0 saturated carbocycles. The highest BCUT2D eigenvalue weighted by atomic mass is 35.5. The first-order valence-electron chi connectivity index (χ1n) is 9.09. The van der Waals surface area contributed by atoms with Crippen molar-refractivity contribution in [3.63, 3.8) is 0 Å².